The first kappa shape index (κ1) is 18.4. The third-order valence-electron chi connectivity index (χ3n) is 4.16. The van der Waals surface area contributed by atoms with Crippen LogP contribution < -0.4 is 0 Å². The van der Waals surface area contributed by atoms with Crippen LogP contribution in [0.15, 0.2) is 47.1 Å². The quantitative estimate of drug-likeness (QED) is 0.625. The average molecular weight is 364 g/mol. The van der Waals surface area contributed by atoms with Gasteiger partial charge in [-0.05, 0) is 31.2 Å². The van der Waals surface area contributed by atoms with Crippen molar-refractivity contribution in [3.05, 3.63) is 65.4 Å². The number of hydrogen-bond donors (Lipinski definition) is 0. The van der Waals surface area contributed by atoms with Gasteiger partial charge in [-0.25, -0.2) is 0 Å². The Balaban J connectivity index is 1.71. The molecule has 7 heteroatoms. The predicted molar refractivity (Wildman–Crippen MR) is 99.4 cm³/mol. The van der Waals surface area contributed by atoms with Gasteiger partial charge in [0.05, 0.1) is 5.69 Å². The fourth-order valence-corrected chi connectivity index (χ4v) is 2.62. The third-order valence-corrected chi connectivity index (χ3v) is 4.16. The number of nitrogens with zero attached hydrogens (tertiary/aromatic N) is 4. The number of ketones is 1. The Hall–Kier alpha value is -3.35. The lowest BCUT2D eigenvalue weighted by molar-refractivity contribution is 0.0795. The van der Waals surface area contributed by atoms with E-state index in [4.69, 9.17) is 4.52 Å². The zero-order valence-corrected chi connectivity index (χ0v) is 15.5. The highest BCUT2D eigenvalue weighted by atomic mass is 16.5. The first-order valence-corrected chi connectivity index (χ1v) is 8.56. The summed E-state index contributed by atoms with van der Waals surface area (Å²) in [4.78, 5) is 34.1. The first-order valence-electron chi connectivity index (χ1n) is 8.56. The highest BCUT2D eigenvalue weighted by Gasteiger charge is 2.14. The van der Waals surface area contributed by atoms with Crippen LogP contribution in [0.25, 0.3) is 11.3 Å². The van der Waals surface area contributed by atoms with Crippen molar-refractivity contribution in [2.24, 2.45) is 0 Å². The van der Waals surface area contributed by atoms with Crippen molar-refractivity contribution in [2.45, 2.75) is 20.3 Å². The molecule has 0 aliphatic heterocycles. The SMILES string of the molecule is CC(=O)c1ccc(-c2cccc(C(=O)N(C)CCc3noc(C)n3)c2)nc1. The summed E-state index contributed by atoms with van der Waals surface area (Å²) < 4.78 is 4.94. The lowest BCUT2D eigenvalue weighted by atomic mass is 10.1. The van der Waals surface area contributed by atoms with Crippen molar-refractivity contribution in [3.8, 4) is 11.3 Å². The Bertz CT molecular complexity index is 963. The molecule has 0 bridgehead atoms. The molecule has 0 spiro atoms. The van der Waals surface area contributed by atoms with Gasteiger partial charge in [-0.2, -0.15) is 4.98 Å². The van der Waals surface area contributed by atoms with Gasteiger partial charge in [0.25, 0.3) is 5.91 Å². The molecule has 0 aliphatic rings. The van der Waals surface area contributed by atoms with Crippen LogP contribution in [-0.4, -0.2) is 45.3 Å². The fourth-order valence-electron chi connectivity index (χ4n) is 2.62. The summed E-state index contributed by atoms with van der Waals surface area (Å²) in [6.07, 6.45) is 2.07. The summed E-state index contributed by atoms with van der Waals surface area (Å²) in [5.41, 5.74) is 2.65. The molecule has 0 atom stereocenters. The van der Waals surface area contributed by atoms with Gasteiger partial charge >= 0.3 is 0 Å². The van der Waals surface area contributed by atoms with E-state index < -0.39 is 0 Å². The number of rotatable bonds is 6. The number of likely N-dealkylation sites (N-methyl/N-ethyl adjacent to an activating group) is 1. The van der Waals surface area contributed by atoms with Crippen molar-refractivity contribution >= 4 is 11.7 Å². The number of pyridine rings is 1. The van der Waals surface area contributed by atoms with E-state index in [0.717, 1.165) is 5.56 Å². The van der Waals surface area contributed by atoms with E-state index in [2.05, 4.69) is 15.1 Å². The summed E-state index contributed by atoms with van der Waals surface area (Å²) in [5.74, 6) is 0.958. The van der Waals surface area contributed by atoms with Crippen molar-refractivity contribution in [3.63, 3.8) is 0 Å². The molecule has 0 unspecified atom stereocenters. The van der Waals surface area contributed by atoms with E-state index in [9.17, 15) is 9.59 Å². The van der Waals surface area contributed by atoms with Crippen LogP contribution in [0.3, 0.4) is 0 Å². The molecular weight excluding hydrogens is 344 g/mol. The van der Waals surface area contributed by atoms with Crippen LogP contribution in [0.5, 0.6) is 0 Å². The van der Waals surface area contributed by atoms with Gasteiger partial charge in [0.1, 0.15) is 0 Å². The molecule has 0 aliphatic carbocycles. The molecule has 0 fully saturated rings. The number of aromatic nitrogens is 3. The normalized spacial score (nSPS) is 10.6. The number of carbonyl (C=O) groups is 2. The van der Waals surface area contributed by atoms with Crippen molar-refractivity contribution in [1.29, 1.82) is 0 Å². The Kier molecular flexibility index (Phi) is 5.40. The maximum absolute atomic E-state index is 12.7. The molecule has 0 N–H and O–H groups in total. The van der Waals surface area contributed by atoms with Crippen molar-refractivity contribution in [2.75, 3.05) is 13.6 Å². The lowest BCUT2D eigenvalue weighted by Crippen LogP contribution is -2.29. The van der Waals surface area contributed by atoms with E-state index >= 15 is 0 Å². The number of Topliss-reactive ketones (excluding diaryl/α,β-unsaturated/α-hetero) is 1. The van der Waals surface area contributed by atoms with Crippen LogP contribution in [0, 0.1) is 6.92 Å². The average Bonchev–Trinajstić information content (AvgIpc) is 3.11. The summed E-state index contributed by atoms with van der Waals surface area (Å²) in [7, 11) is 1.74. The van der Waals surface area contributed by atoms with Gasteiger partial charge in [-0.3, -0.25) is 14.6 Å². The maximum Gasteiger partial charge on any atom is 0.253 e. The summed E-state index contributed by atoms with van der Waals surface area (Å²) in [6.45, 7) is 3.71. The smallest absolute Gasteiger partial charge is 0.253 e. The Labute approximate surface area is 157 Å². The van der Waals surface area contributed by atoms with Crippen LogP contribution in [-0.2, 0) is 6.42 Å². The molecule has 138 valence electrons. The highest BCUT2D eigenvalue weighted by Crippen LogP contribution is 2.19. The highest BCUT2D eigenvalue weighted by molar-refractivity contribution is 5.95. The number of aryl methyl sites for hydroxylation is 1. The van der Waals surface area contributed by atoms with Crippen LogP contribution in [0.2, 0.25) is 0 Å². The van der Waals surface area contributed by atoms with E-state index in [1.54, 1.807) is 49.3 Å². The summed E-state index contributed by atoms with van der Waals surface area (Å²) >= 11 is 0. The van der Waals surface area contributed by atoms with Gasteiger partial charge in [-0.1, -0.05) is 17.3 Å². The van der Waals surface area contributed by atoms with E-state index in [-0.39, 0.29) is 11.7 Å². The second-order valence-electron chi connectivity index (χ2n) is 6.28. The molecule has 2 heterocycles. The van der Waals surface area contributed by atoms with Gasteiger partial charge in [0.15, 0.2) is 11.6 Å². The van der Waals surface area contributed by atoms with Gasteiger partial charge in [0.2, 0.25) is 5.89 Å². The molecular formula is C20H20N4O3. The minimum absolute atomic E-state index is 0.0311. The standard InChI is InChI=1S/C20H20N4O3/c1-13(25)17-7-8-18(21-12-17)15-5-4-6-16(11-15)20(26)24(3)10-9-19-22-14(2)27-23-19/h4-8,11-12H,9-10H2,1-3H3. The fraction of sp³-hybridized carbons (Fsp3) is 0.250. The zero-order chi connectivity index (χ0) is 19.4. The van der Waals surface area contributed by atoms with Crippen LogP contribution in [0.4, 0.5) is 0 Å². The lowest BCUT2D eigenvalue weighted by Gasteiger charge is -2.16. The largest absolute Gasteiger partial charge is 0.341 e. The zero-order valence-electron chi connectivity index (χ0n) is 15.5. The molecule has 0 saturated carbocycles. The second kappa shape index (κ2) is 7.90. The molecule has 1 aromatic carbocycles. The van der Waals surface area contributed by atoms with E-state index in [0.29, 0.717) is 41.5 Å². The maximum atomic E-state index is 12.7. The van der Waals surface area contributed by atoms with Gasteiger partial charge in [0, 0.05) is 49.8 Å². The van der Waals surface area contributed by atoms with Crippen molar-refractivity contribution < 1.29 is 14.1 Å². The molecule has 27 heavy (non-hydrogen) atoms. The number of hydrogen-bond acceptors (Lipinski definition) is 6. The molecule has 2 aromatic heterocycles. The molecule has 1 amide bonds. The molecule has 0 saturated heterocycles. The second-order valence-corrected chi connectivity index (χ2v) is 6.28. The minimum atomic E-state index is -0.0996. The topological polar surface area (TPSA) is 89.2 Å². The molecule has 3 aromatic rings. The third kappa shape index (κ3) is 4.44. The molecule has 7 nitrogen and oxygen atoms in total. The van der Waals surface area contributed by atoms with Crippen molar-refractivity contribution in [1.82, 2.24) is 20.0 Å². The molecule has 3 rings (SSSR count). The Morgan fingerprint density at radius 1 is 1.15 bits per heavy atom. The number of amides is 1. The Morgan fingerprint density at radius 3 is 2.59 bits per heavy atom. The van der Waals surface area contributed by atoms with E-state index in [1.807, 2.05) is 12.1 Å². The number of benzene rings is 1. The Morgan fingerprint density at radius 2 is 1.96 bits per heavy atom. The van der Waals surface area contributed by atoms with Gasteiger partial charge < -0.3 is 9.42 Å². The van der Waals surface area contributed by atoms with E-state index in [1.165, 1.54) is 6.92 Å². The van der Waals surface area contributed by atoms with Gasteiger partial charge in [-0.15, -0.1) is 0 Å². The minimum Gasteiger partial charge on any atom is -0.341 e. The predicted octanol–water partition coefficient (Wildman–Crippen LogP) is 2.96. The summed E-state index contributed by atoms with van der Waals surface area (Å²) in [6, 6.07) is 10.8. The monoisotopic (exact) mass is 364 g/mol. The van der Waals surface area contributed by atoms with Crippen LogP contribution in [0.1, 0.15) is 39.4 Å². The molecule has 0 radical (unpaired) electrons. The first-order chi connectivity index (χ1) is 12.9. The van der Waals surface area contributed by atoms with Crippen LogP contribution >= 0.6 is 0 Å². The number of carbonyl (C=O) groups excluding carboxylic acids is 2. The summed E-state index contributed by atoms with van der Waals surface area (Å²) in [5, 5.41) is 3.84.